The van der Waals surface area contributed by atoms with Crippen LogP contribution in [-0.2, 0) is 11.3 Å². The summed E-state index contributed by atoms with van der Waals surface area (Å²) in [4.78, 5) is 17.1. The van der Waals surface area contributed by atoms with Crippen molar-refractivity contribution in [2.45, 2.75) is 32.2 Å². The van der Waals surface area contributed by atoms with Gasteiger partial charge in [0.15, 0.2) is 0 Å². The first kappa shape index (κ1) is 17.4. The SMILES string of the molecule is CC1CN(CC2CCC2)CCN1C(=O)c1ccc(NS(=O)[O-])cc1. The first-order chi connectivity index (χ1) is 11.5. The molecule has 1 aliphatic heterocycles. The summed E-state index contributed by atoms with van der Waals surface area (Å²) in [5, 5.41) is 0. The van der Waals surface area contributed by atoms with E-state index in [0.717, 1.165) is 25.6 Å². The molecule has 2 unspecified atom stereocenters. The Bertz CT molecular complexity index is 604. The predicted molar refractivity (Wildman–Crippen MR) is 93.3 cm³/mol. The van der Waals surface area contributed by atoms with E-state index in [4.69, 9.17) is 0 Å². The highest BCUT2D eigenvalue weighted by Crippen LogP contribution is 2.28. The molecule has 1 N–H and O–H groups in total. The highest BCUT2D eigenvalue weighted by molar-refractivity contribution is 7.80. The molecule has 132 valence electrons. The van der Waals surface area contributed by atoms with E-state index in [2.05, 4.69) is 16.5 Å². The van der Waals surface area contributed by atoms with E-state index < -0.39 is 11.3 Å². The quantitative estimate of drug-likeness (QED) is 0.822. The number of piperazine rings is 1. The third-order valence-electron chi connectivity index (χ3n) is 5.05. The van der Waals surface area contributed by atoms with E-state index in [-0.39, 0.29) is 11.9 Å². The average Bonchev–Trinajstić information content (AvgIpc) is 2.51. The lowest BCUT2D eigenvalue weighted by Crippen LogP contribution is -2.55. The van der Waals surface area contributed by atoms with Crippen molar-refractivity contribution in [3.05, 3.63) is 29.8 Å². The molecule has 1 amide bonds. The Hall–Kier alpha value is -1.44. The minimum absolute atomic E-state index is 0.0144. The number of nitrogens with zero attached hydrogens (tertiary/aromatic N) is 2. The van der Waals surface area contributed by atoms with Gasteiger partial charge in [0.25, 0.3) is 5.91 Å². The molecule has 2 fully saturated rings. The number of hydrogen-bond donors (Lipinski definition) is 1. The van der Waals surface area contributed by atoms with Crippen molar-refractivity contribution in [1.82, 2.24) is 9.80 Å². The van der Waals surface area contributed by atoms with Crippen LogP contribution in [0.25, 0.3) is 0 Å². The van der Waals surface area contributed by atoms with E-state index in [9.17, 15) is 13.6 Å². The average molecular weight is 350 g/mol. The van der Waals surface area contributed by atoms with Crippen molar-refractivity contribution in [3.63, 3.8) is 0 Å². The van der Waals surface area contributed by atoms with Gasteiger partial charge in [-0.05, 0) is 49.9 Å². The number of anilines is 1. The molecule has 1 aromatic rings. The Morgan fingerprint density at radius 2 is 2.00 bits per heavy atom. The molecule has 1 saturated carbocycles. The topological polar surface area (TPSA) is 75.7 Å². The van der Waals surface area contributed by atoms with E-state index in [1.807, 2.05) is 4.90 Å². The molecule has 7 heteroatoms. The van der Waals surface area contributed by atoms with Gasteiger partial charge in [0.05, 0.1) is 0 Å². The Kier molecular flexibility index (Phi) is 5.53. The molecule has 2 aliphatic rings. The van der Waals surface area contributed by atoms with Gasteiger partial charge in [0.1, 0.15) is 0 Å². The molecule has 1 saturated heterocycles. The number of benzene rings is 1. The molecule has 2 atom stereocenters. The van der Waals surface area contributed by atoms with Gasteiger partial charge in [-0.3, -0.25) is 13.9 Å². The number of nitrogens with one attached hydrogen (secondary N) is 1. The molecular weight excluding hydrogens is 326 g/mol. The van der Waals surface area contributed by atoms with Crippen LogP contribution < -0.4 is 4.72 Å². The van der Waals surface area contributed by atoms with Gasteiger partial charge < -0.3 is 14.2 Å². The maximum atomic E-state index is 12.7. The molecule has 0 spiro atoms. The fraction of sp³-hybridized carbons (Fsp3) is 0.588. The Morgan fingerprint density at radius 3 is 2.54 bits per heavy atom. The summed E-state index contributed by atoms with van der Waals surface area (Å²) in [7, 11) is 0. The van der Waals surface area contributed by atoms with Crippen molar-refractivity contribution in [2.24, 2.45) is 5.92 Å². The molecule has 3 rings (SSSR count). The lowest BCUT2D eigenvalue weighted by Gasteiger charge is -2.42. The van der Waals surface area contributed by atoms with Gasteiger partial charge in [-0.15, -0.1) is 0 Å². The normalized spacial score (nSPS) is 23.6. The van der Waals surface area contributed by atoms with Gasteiger partial charge in [-0.25, -0.2) is 0 Å². The lowest BCUT2D eigenvalue weighted by atomic mass is 9.85. The van der Waals surface area contributed by atoms with Crippen LogP contribution in [0.2, 0.25) is 0 Å². The zero-order chi connectivity index (χ0) is 17.1. The zero-order valence-corrected chi connectivity index (χ0v) is 14.8. The van der Waals surface area contributed by atoms with Gasteiger partial charge in [0, 0.05) is 54.7 Å². The smallest absolute Gasteiger partial charge is 0.254 e. The van der Waals surface area contributed by atoms with Crippen molar-refractivity contribution in [3.8, 4) is 0 Å². The molecule has 1 aromatic carbocycles. The number of carbonyl (C=O) groups excluding carboxylic acids is 1. The Balaban J connectivity index is 1.57. The minimum atomic E-state index is -2.35. The summed E-state index contributed by atoms with van der Waals surface area (Å²) in [6.07, 6.45) is 4.06. The standard InChI is InChI=1S/C17H25N3O3S/c1-13-11-19(12-14-3-2-4-14)9-10-20(13)17(21)15-5-7-16(8-6-15)18-24(22)23/h5-8,13-14,18H,2-4,9-12H2,1H3,(H,22,23)/p-1. The van der Waals surface area contributed by atoms with Crippen molar-refractivity contribution < 1.29 is 13.6 Å². The third kappa shape index (κ3) is 4.15. The van der Waals surface area contributed by atoms with E-state index in [0.29, 0.717) is 11.3 Å². The Morgan fingerprint density at radius 1 is 1.29 bits per heavy atom. The van der Waals surface area contributed by atoms with Crippen LogP contribution in [0.15, 0.2) is 24.3 Å². The van der Waals surface area contributed by atoms with Crippen molar-refractivity contribution in [2.75, 3.05) is 30.9 Å². The first-order valence-electron chi connectivity index (χ1n) is 8.52. The summed E-state index contributed by atoms with van der Waals surface area (Å²) < 4.78 is 23.5. The summed E-state index contributed by atoms with van der Waals surface area (Å²) in [6, 6.07) is 6.76. The fourth-order valence-electron chi connectivity index (χ4n) is 3.48. The molecule has 24 heavy (non-hydrogen) atoms. The second-order valence-electron chi connectivity index (χ2n) is 6.82. The van der Waals surface area contributed by atoms with Crippen LogP contribution in [0, 0.1) is 5.92 Å². The van der Waals surface area contributed by atoms with Crippen LogP contribution in [-0.4, -0.2) is 56.7 Å². The van der Waals surface area contributed by atoms with E-state index in [1.54, 1.807) is 24.3 Å². The maximum absolute atomic E-state index is 12.7. The Labute approximate surface area is 145 Å². The highest BCUT2D eigenvalue weighted by atomic mass is 32.2. The number of carbonyl (C=O) groups is 1. The van der Waals surface area contributed by atoms with Gasteiger partial charge in [-0.1, -0.05) is 6.42 Å². The fourth-order valence-corrected chi connectivity index (χ4v) is 3.81. The monoisotopic (exact) mass is 350 g/mol. The van der Waals surface area contributed by atoms with Crippen LogP contribution in [0.5, 0.6) is 0 Å². The van der Waals surface area contributed by atoms with Crippen LogP contribution in [0.4, 0.5) is 5.69 Å². The number of rotatable bonds is 5. The molecule has 0 aromatic heterocycles. The predicted octanol–water partition coefficient (Wildman–Crippen LogP) is 1.84. The number of amides is 1. The molecule has 1 aliphatic carbocycles. The molecule has 0 radical (unpaired) electrons. The first-order valence-corrected chi connectivity index (χ1v) is 9.59. The summed E-state index contributed by atoms with van der Waals surface area (Å²) in [5.74, 6) is 0.867. The zero-order valence-electron chi connectivity index (χ0n) is 13.9. The van der Waals surface area contributed by atoms with Gasteiger partial charge in [-0.2, -0.15) is 0 Å². The molecular formula is C17H24N3O3S-. The minimum Gasteiger partial charge on any atom is -0.755 e. The van der Waals surface area contributed by atoms with Crippen LogP contribution >= 0.6 is 0 Å². The second-order valence-corrected chi connectivity index (χ2v) is 7.49. The van der Waals surface area contributed by atoms with E-state index in [1.165, 1.54) is 25.8 Å². The number of hydrogen-bond acceptors (Lipinski definition) is 4. The van der Waals surface area contributed by atoms with Crippen molar-refractivity contribution >= 4 is 22.9 Å². The largest absolute Gasteiger partial charge is 0.755 e. The van der Waals surface area contributed by atoms with Gasteiger partial charge in [0.2, 0.25) is 0 Å². The van der Waals surface area contributed by atoms with Crippen molar-refractivity contribution in [1.29, 1.82) is 0 Å². The van der Waals surface area contributed by atoms with Crippen LogP contribution in [0.1, 0.15) is 36.5 Å². The molecule has 0 bridgehead atoms. The maximum Gasteiger partial charge on any atom is 0.254 e. The van der Waals surface area contributed by atoms with Crippen LogP contribution in [0.3, 0.4) is 0 Å². The summed E-state index contributed by atoms with van der Waals surface area (Å²) >= 11 is -2.35. The highest BCUT2D eigenvalue weighted by Gasteiger charge is 2.30. The third-order valence-corrected chi connectivity index (χ3v) is 5.45. The van der Waals surface area contributed by atoms with Gasteiger partial charge >= 0.3 is 0 Å². The second kappa shape index (κ2) is 7.63. The summed E-state index contributed by atoms with van der Waals surface area (Å²) in [5.41, 5.74) is 1.05. The molecule has 1 heterocycles. The lowest BCUT2D eigenvalue weighted by molar-refractivity contribution is 0.0424. The summed E-state index contributed by atoms with van der Waals surface area (Å²) in [6.45, 7) is 5.87. The molecule has 6 nitrogen and oxygen atoms in total. The van der Waals surface area contributed by atoms with E-state index >= 15 is 0 Å².